The lowest BCUT2D eigenvalue weighted by molar-refractivity contribution is 0.0908. The fourth-order valence-electron chi connectivity index (χ4n) is 3.21. The van der Waals surface area contributed by atoms with Crippen LogP contribution in [0.2, 0.25) is 0 Å². The van der Waals surface area contributed by atoms with Crippen LogP contribution in [0, 0.1) is 5.82 Å². The Kier molecular flexibility index (Phi) is 5.23. The van der Waals surface area contributed by atoms with Crippen LogP contribution in [-0.4, -0.2) is 22.1 Å². The second-order valence-corrected chi connectivity index (χ2v) is 7.46. The minimum absolute atomic E-state index is 0.0986. The highest BCUT2D eigenvalue weighted by molar-refractivity contribution is 7.17. The Morgan fingerprint density at radius 2 is 1.86 bits per heavy atom. The Morgan fingerprint density at radius 1 is 1.11 bits per heavy atom. The number of hydrogen-bond donors (Lipinski definition) is 2. The lowest BCUT2D eigenvalue weighted by atomic mass is 10.1. The minimum Gasteiger partial charge on any atom is -0.387 e. The topological polar surface area (TPSA) is 54.3 Å². The van der Waals surface area contributed by atoms with E-state index in [1.54, 1.807) is 18.2 Å². The van der Waals surface area contributed by atoms with E-state index in [2.05, 4.69) is 5.32 Å². The maximum Gasteiger partial charge on any atom is 0.268 e. The monoisotopic (exact) mass is 394 g/mol. The molecule has 0 aliphatic carbocycles. The van der Waals surface area contributed by atoms with Gasteiger partial charge in [-0.2, -0.15) is 0 Å². The number of halogens is 1. The molecule has 4 nitrogen and oxygen atoms in total. The molecule has 28 heavy (non-hydrogen) atoms. The number of aliphatic hydroxyl groups is 1. The molecule has 4 aromatic rings. The van der Waals surface area contributed by atoms with E-state index in [4.69, 9.17) is 0 Å². The molecule has 2 aromatic carbocycles. The van der Waals surface area contributed by atoms with Gasteiger partial charge in [0.25, 0.3) is 5.91 Å². The maximum atomic E-state index is 14.1. The quantitative estimate of drug-likeness (QED) is 0.511. The third-order valence-electron chi connectivity index (χ3n) is 4.68. The van der Waals surface area contributed by atoms with Gasteiger partial charge in [-0.1, -0.05) is 48.5 Å². The van der Waals surface area contributed by atoms with Gasteiger partial charge in [0.1, 0.15) is 11.5 Å². The normalized spacial score (nSPS) is 12.2. The van der Waals surface area contributed by atoms with Gasteiger partial charge in [-0.05, 0) is 29.1 Å². The lowest BCUT2D eigenvalue weighted by Crippen LogP contribution is -2.30. The van der Waals surface area contributed by atoms with Crippen LogP contribution in [-0.2, 0) is 6.54 Å². The van der Waals surface area contributed by atoms with Crippen LogP contribution in [0.25, 0.3) is 10.2 Å². The number of aliphatic hydroxyl groups excluding tert-OH is 1. The predicted octanol–water partition coefficient (Wildman–Crippen LogP) is 4.35. The van der Waals surface area contributed by atoms with E-state index in [9.17, 15) is 14.3 Å². The number of hydrogen-bond acceptors (Lipinski definition) is 3. The van der Waals surface area contributed by atoms with E-state index in [1.165, 1.54) is 17.4 Å². The molecule has 0 saturated carbocycles. The third kappa shape index (κ3) is 3.69. The van der Waals surface area contributed by atoms with Crippen molar-refractivity contribution >= 4 is 27.5 Å². The summed E-state index contributed by atoms with van der Waals surface area (Å²) in [5.41, 5.74) is 2.60. The molecular weight excluding hydrogens is 375 g/mol. The first-order valence-corrected chi connectivity index (χ1v) is 9.83. The van der Waals surface area contributed by atoms with Gasteiger partial charge >= 0.3 is 0 Å². The first-order chi connectivity index (χ1) is 13.6. The standard InChI is InChI=1S/C22H19FN2O2S/c23-17-9-5-4-8-16(17)14-25-18-10-11-28-21(18)12-19(25)22(27)24-13-20(26)15-6-2-1-3-7-15/h1-12,20,26H,13-14H2,(H,24,27)/t20-/m0/s1. The number of nitrogens with one attached hydrogen (secondary N) is 1. The van der Waals surface area contributed by atoms with Crippen molar-refractivity contribution in [1.29, 1.82) is 0 Å². The molecule has 0 spiro atoms. The molecule has 0 aliphatic rings. The number of carbonyl (C=O) groups excluding carboxylic acids is 1. The van der Waals surface area contributed by atoms with Crippen LogP contribution >= 0.6 is 11.3 Å². The molecule has 1 atom stereocenters. The number of amides is 1. The zero-order valence-electron chi connectivity index (χ0n) is 15.0. The summed E-state index contributed by atoms with van der Waals surface area (Å²) in [6, 6.07) is 19.5. The highest BCUT2D eigenvalue weighted by Gasteiger charge is 2.18. The molecule has 2 aromatic heterocycles. The zero-order valence-corrected chi connectivity index (χ0v) is 15.8. The van der Waals surface area contributed by atoms with Gasteiger partial charge in [0.2, 0.25) is 0 Å². The van der Waals surface area contributed by atoms with E-state index in [1.807, 2.05) is 52.4 Å². The number of carbonyl (C=O) groups is 1. The number of fused-ring (bicyclic) bond motifs is 1. The summed E-state index contributed by atoms with van der Waals surface area (Å²) < 4.78 is 16.9. The van der Waals surface area contributed by atoms with Crippen molar-refractivity contribution in [1.82, 2.24) is 9.88 Å². The third-order valence-corrected chi connectivity index (χ3v) is 5.54. The average Bonchev–Trinajstić information content (AvgIpc) is 3.31. The molecule has 6 heteroatoms. The molecular formula is C22H19FN2O2S. The van der Waals surface area contributed by atoms with Crippen molar-refractivity contribution in [3.05, 3.63) is 94.7 Å². The summed E-state index contributed by atoms with van der Waals surface area (Å²) in [7, 11) is 0. The molecule has 2 N–H and O–H groups in total. The molecule has 0 fully saturated rings. The van der Waals surface area contributed by atoms with Crippen LogP contribution in [0.15, 0.2) is 72.1 Å². The van der Waals surface area contributed by atoms with Gasteiger partial charge in [-0.25, -0.2) is 4.39 Å². The van der Waals surface area contributed by atoms with E-state index in [0.29, 0.717) is 11.3 Å². The van der Waals surface area contributed by atoms with Gasteiger partial charge in [0, 0.05) is 12.1 Å². The number of thiophene rings is 1. The molecule has 0 saturated heterocycles. The maximum absolute atomic E-state index is 14.1. The van der Waals surface area contributed by atoms with Crippen LogP contribution in [0.5, 0.6) is 0 Å². The van der Waals surface area contributed by atoms with Crippen molar-refractivity contribution in [2.24, 2.45) is 0 Å². The summed E-state index contributed by atoms with van der Waals surface area (Å²) >= 11 is 1.53. The van der Waals surface area contributed by atoms with Crippen molar-refractivity contribution < 1.29 is 14.3 Å². The minimum atomic E-state index is -0.791. The predicted molar refractivity (Wildman–Crippen MR) is 109 cm³/mol. The largest absolute Gasteiger partial charge is 0.387 e. The zero-order chi connectivity index (χ0) is 19.5. The Balaban J connectivity index is 1.57. The first-order valence-electron chi connectivity index (χ1n) is 8.95. The van der Waals surface area contributed by atoms with E-state index in [0.717, 1.165) is 15.8 Å². The molecule has 0 unspecified atom stereocenters. The van der Waals surface area contributed by atoms with Crippen LogP contribution < -0.4 is 5.32 Å². The number of aromatic nitrogens is 1. The molecule has 2 heterocycles. The molecule has 4 rings (SSSR count). The second kappa shape index (κ2) is 7.96. The second-order valence-electron chi connectivity index (χ2n) is 6.51. The first kappa shape index (κ1) is 18.4. The van der Waals surface area contributed by atoms with Crippen molar-refractivity contribution in [2.75, 3.05) is 6.54 Å². The average molecular weight is 394 g/mol. The smallest absolute Gasteiger partial charge is 0.268 e. The van der Waals surface area contributed by atoms with E-state index in [-0.39, 0.29) is 24.8 Å². The van der Waals surface area contributed by atoms with Gasteiger partial charge < -0.3 is 15.0 Å². The Hall–Kier alpha value is -2.96. The van der Waals surface area contributed by atoms with Crippen molar-refractivity contribution in [3.63, 3.8) is 0 Å². The highest BCUT2D eigenvalue weighted by Crippen LogP contribution is 2.27. The molecule has 1 amide bonds. The molecule has 0 aliphatic heterocycles. The van der Waals surface area contributed by atoms with Crippen LogP contribution in [0.1, 0.15) is 27.7 Å². The molecule has 0 radical (unpaired) electrons. The van der Waals surface area contributed by atoms with Crippen molar-refractivity contribution in [3.8, 4) is 0 Å². The number of rotatable bonds is 6. The van der Waals surface area contributed by atoms with Gasteiger partial charge in [0.15, 0.2) is 0 Å². The van der Waals surface area contributed by atoms with Gasteiger partial charge in [0.05, 0.1) is 22.9 Å². The SMILES string of the molecule is O=C(NC[C@H](O)c1ccccc1)c1cc2sccc2n1Cc1ccccc1F. The Labute approximate surface area is 165 Å². The summed E-state index contributed by atoms with van der Waals surface area (Å²) in [5.74, 6) is -0.597. The lowest BCUT2D eigenvalue weighted by Gasteiger charge is -2.14. The van der Waals surface area contributed by atoms with Gasteiger partial charge in [-0.15, -0.1) is 11.3 Å². The summed E-state index contributed by atoms with van der Waals surface area (Å²) in [6.45, 7) is 0.359. The number of benzene rings is 2. The summed E-state index contributed by atoms with van der Waals surface area (Å²) in [5, 5.41) is 15.0. The van der Waals surface area contributed by atoms with E-state index >= 15 is 0 Å². The van der Waals surface area contributed by atoms with Crippen LogP contribution in [0.4, 0.5) is 4.39 Å². The van der Waals surface area contributed by atoms with E-state index < -0.39 is 6.10 Å². The Morgan fingerprint density at radius 3 is 2.64 bits per heavy atom. The van der Waals surface area contributed by atoms with Crippen molar-refractivity contribution in [2.45, 2.75) is 12.6 Å². The fraction of sp³-hybridized carbons (Fsp3) is 0.136. The molecule has 142 valence electrons. The van der Waals surface area contributed by atoms with Gasteiger partial charge in [-0.3, -0.25) is 4.79 Å². The fourth-order valence-corrected chi connectivity index (χ4v) is 4.03. The highest BCUT2D eigenvalue weighted by atomic mass is 32.1. The summed E-state index contributed by atoms with van der Waals surface area (Å²) in [4.78, 5) is 12.8. The number of nitrogens with zero attached hydrogens (tertiary/aromatic N) is 1. The summed E-state index contributed by atoms with van der Waals surface area (Å²) in [6.07, 6.45) is -0.791. The van der Waals surface area contributed by atoms with Crippen LogP contribution in [0.3, 0.4) is 0 Å². The molecule has 0 bridgehead atoms. The Bertz CT molecular complexity index is 1100.